The molecule has 3 aromatic rings. The molecule has 8 nitrogen and oxygen atoms in total. The van der Waals surface area contributed by atoms with Crippen molar-refractivity contribution in [1.29, 1.82) is 0 Å². The molecule has 2 aromatic carbocycles. The third kappa shape index (κ3) is 4.54. The van der Waals surface area contributed by atoms with Gasteiger partial charge < -0.3 is 9.15 Å². The van der Waals surface area contributed by atoms with Gasteiger partial charge in [-0.25, -0.2) is 4.79 Å². The van der Waals surface area contributed by atoms with Crippen LogP contribution in [0.5, 0.6) is 0 Å². The minimum atomic E-state index is -1.00. The zero-order chi connectivity index (χ0) is 20.1. The van der Waals surface area contributed by atoms with E-state index in [2.05, 4.69) is 10.9 Å². The van der Waals surface area contributed by atoms with Crippen LogP contribution in [-0.4, -0.2) is 24.4 Å². The van der Waals surface area contributed by atoms with Gasteiger partial charge in [-0.15, -0.1) is 0 Å². The summed E-state index contributed by atoms with van der Waals surface area (Å²) in [6.45, 7) is -0.684. The van der Waals surface area contributed by atoms with E-state index in [1.165, 1.54) is 18.2 Å². The number of hydrogen-bond acceptors (Lipinski definition) is 6. The lowest BCUT2D eigenvalue weighted by Crippen LogP contribution is -2.43. The van der Waals surface area contributed by atoms with Crippen molar-refractivity contribution < 1.29 is 23.5 Å². The van der Waals surface area contributed by atoms with Gasteiger partial charge in [-0.2, -0.15) is 0 Å². The molecule has 0 aliphatic carbocycles. The van der Waals surface area contributed by atoms with Gasteiger partial charge in [0.15, 0.2) is 12.0 Å². The molecule has 1 heterocycles. The first-order chi connectivity index (χ1) is 13.4. The Bertz CT molecular complexity index is 1110. The molecule has 0 bridgehead atoms. The molecule has 9 heteroatoms. The van der Waals surface area contributed by atoms with Crippen LogP contribution in [-0.2, 0) is 9.53 Å². The van der Waals surface area contributed by atoms with E-state index in [-0.39, 0.29) is 16.7 Å². The van der Waals surface area contributed by atoms with Crippen LogP contribution in [0.25, 0.3) is 11.0 Å². The molecular formula is C19H13ClN2O6. The van der Waals surface area contributed by atoms with Gasteiger partial charge in [-0.1, -0.05) is 29.8 Å². The quantitative estimate of drug-likeness (QED) is 0.511. The summed E-state index contributed by atoms with van der Waals surface area (Å²) in [6, 6.07) is 13.5. The van der Waals surface area contributed by atoms with Crippen molar-refractivity contribution in [3.8, 4) is 0 Å². The number of esters is 1. The molecule has 2 amide bonds. The van der Waals surface area contributed by atoms with E-state index >= 15 is 0 Å². The highest BCUT2D eigenvalue weighted by atomic mass is 35.5. The van der Waals surface area contributed by atoms with Gasteiger partial charge in [0.1, 0.15) is 5.58 Å². The number of amides is 2. The number of halogens is 1. The second kappa shape index (κ2) is 8.36. The van der Waals surface area contributed by atoms with Gasteiger partial charge in [-0.3, -0.25) is 25.2 Å². The molecule has 2 N–H and O–H groups in total. The number of carbonyl (C=O) groups excluding carboxylic acids is 3. The molecular weight excluding hydrogens is 388 g/mol. The monoisotopic (exact) mass is 400 g/mol. The second-order valence-electron chi connectivity index (χ2n) is 5.56. The Kier molecular flexibility index (Phi) is 5.71. The fraction of sp³-hybridized carbons (Fsp3) is 0.0526. The van der Waals surface area contributed by atoms with Crippen molar-refractivity contribution in [3.05, 3.63) is 81.2 Å². The molecule has 3 rings (SSSR count). The zero-order valence-corrected chi connectivity index (χ0v) is 15.0. The number of fused-ring (bicyclic) bond motifs is 1. The lowest BCUT2D eigenvalue weighted by Gasteiger charge is -2.08. The molecule has 0 unspecified atom stereocenters. The molecule has 1 aromatic heterocycles. The SMILES string of the molecule is O=C(COC(=O)c1cc(=O)c2cc(Cl)ccc2o1)NNC(=O)c1ccccc1. The number of ether oxygens (including phenoxy) is 1. The highest BCUT2D eigenvalue weighted by Gasteiger charge is 2.16. The van der Waals surface area contributed by atoms with E-state index < -0.39 is 29.8 Å². The highest BCUT2D eigenvalue weighted by Crippen LogP contribution is 2.18. The topological polar surface area (TPSA) is 115 Å². The predicted octanol–water partition coefficient (Wildman–Crippen LogP) is 2.06. The zero-order valence-electron chi connectivity index (χ0n) is 14.2. The first-order valence-electron chi connectivity index (χ1n) is 7.99. The molecule has 142 valence electrons. The maximum absolute atomic E-state index is 12.1. The van der Waals surface area contributed by atoms with E-state index in [1.54, 1.807) is 30.3 Å². The molecule has 0 saturated heterocycles. The average Bonchev–Trinajstić information content (AvgIpc) is 2.71. The molecule has 0 saturated carbocycles. The van der Waals surface area contributed by atoms with E-state index in [0.717, 1.165) is 6.07 Å². The van der Waals surface area contributed by atoms with Crippen molar-refractivity contribution in [2.75, 3.05) is 6.61 Å². The van der Waals surface area contributed by atoms with Crippen molar-refractivity contribution >= 4 is 40.4 Å². The van der Waals surface area contributed by atoms with Crippen molar-refractivity contribution in [2.24, 2.45) is 0 Å². The molecule has 0 spiro atoms. The Morgan fingerprint density at radius 3 is 2.50 bits per heavy atom. The maximum atomic E-state index is 12.1. The van der Waals surface area contributed by atoms with Crippen LogP contribution in [0.1, 0.15) is 20.9 Å². The second-order valence-corrected chi connectivity index (χ2v) is 6.00. The Labute approximate surface area is 163 Å². The average molecular weight is 401 g/mol. The Morgan fingerprint density at radius 1 is 1.00 bits per heavy atom. The molecule has 0 radical (unpaired) electrons. The minimum absolute atomic E-state index is 0.156. The molecule has 28 heavy (non-hydrogen) atoms. The highest BCUT2D eigenvalue weighted by molar-refractivity contribution is 6.31. The van der Waals surface area contributed by atoms with E-state index in [4.69, 9.17) is 20.8 Å². The van der Waals surface area contributed by atoms with Gasteiger partial charge in [-0.05, 0) is 30.3 Å². The van der Waals surface area contributed by atoms with Crippen molar-refractivity contribution in [1.82, 2.24) is 10.9 Å². The van der Waals surface area contributed by atoms with E-state index in [0.29, 0.717) is 10.6 Å². The Balaban J connectivity index is 1.57. The third-order valence-corrected chi connectivity index (χ3v) is 3.81. The first-order valence-corrected chi connectivity index (χ1v) is 8.36. The lowest BCUT2D eigenvalue weighted by molar-refractivity contribution is -0.125. The van der Waals surface area contributed by atoms with Crippen LogP contribution >= 0.6 is 11.6 Å². The number of hydrazine groups is 1. The lowest BCUT2D eigenvalue weighted by atomic mass is 10.2. The van der Waals surface area contributed by atoms with Crippen LogP contribution in [0, 0.1) is 0 Å². The summed E-state index contributed by atoms with van der Waals surface area (Å²) in [5, 5.41) is 0.565. The van der Waals surface area contributed by atoms with Crippen LogP contribution in [0.4, 0.5) is 0 Å². The summed E-state index contributed by atoms with van der Waals surface area (Å²) >= 11 is 5.82. The predicted molar refractivity (Wildman–Crippen MR) is 99.8 cm³/mol. The summed E-state index contributed by atoms with van der Waals surface area (Å²) in [6.07, 6.45) is 0. The standard InChI is InChI=1S/C19H13ClN2O6/c20-12-6-7-15-13(8-12)14(23)9-16(28-15)19(26)27-10-17(24)21-22-18(25)11-4-2-1-3-5-11/h1-9H,10H2,(H,21,24)(H,22,25). The van der Waals surface area contributed by atoms with Crippen LogP contribution < -0.4 is 16.3 Å². The number of carbonyl (C=O) groups is 3. The molecule has 0 aliphatic rings. The maximum Gasteiger partial charge on any atom is 0.374 e. The van der Waals surface area contributed by atoms with Crippen LogP contribution in [0.15, 0.2) is 63.8 Å². The summed E-state index contributed by atoms with van der Waals surface area (Å²) in [7, 11) is 0. The summed E-state index contributed by atoms with van der Waals surface area (Å²) in [5.74, 6) is -2.66. The molecule has 0 aliphatic heterocycles. The smallest absolute Gasteiger partial charge is 0.374 e. The molecule has 0 fully saturated rings. The molecule has 0 atom stereocenters. The number of nitrogens with one attached hydrogen (secondary N) is 2. The fourth-order valence-corrected chi connectivity index (χ4v) is 2.43. The van der Waals surface area contributed by atoms with Gasteiger partial charge in [0.25, 0.3) is 11.8 Å². The van der Waals surface area contributed by atoms with Gasteiger partial charge in [0.2, 0.25) is 5.76 Å². The van der Waals surface area contributed by atoms with Crippen molar-refractivity contribution in [2.45, 2.75) is 0 Å². The van der Waals surface area contributed by atoms with Gasteiger partial charge in [0, 0.05) is 16.7 Å². The normalized spacial score (nSPS) is 10.3. The Morgan fingerprint density at radius 2 is 1.75 bits per heavy atom. The van der Waals surface area contributed by atoms with Crippen LogP contribution in [0.2, 0.25) is 5.02 Å². The number of benzene rings is 2. The summed E-state index contributed by atoms with van der Waals surface area (Å²) < 4.78 is 10.1. The van der Waals surface area contributed by atoms with Gasteiger partial charge in [0.05, 0.1) is 5.39 Å². The number of rotatable bonds is 4. The van der Waals surface area contributed by atoms with E-state index in [9.17, 15) is 19.2 Å². The van der Waals surface area contributed by atoms with Crippen LogP contribution in [0.3, 0.4) is 0 Å². The van der Waals surface area contributed by atoms with Gasteiger partial charge >= 0.3 is 5.97 Å². The van der Waals surface area contributed by atoms with E-state index in [1.807, 2.05) is 0 Å². The first kappa shape index (κ1) is 19.1. The Hall–Kier alpha value is -3.65. The fourth-order valence-electron chi connectivity index (χ4n) is 2.26. The van der Waals surface area contributed by atoms with Crippen molar-refractivity contribution in [3.63, 3.8) is 0 Å². The summed E-state index contributed by atoms with van der Waals surface area (Å²) in [5.41, 5.74) is 4.32. The largest absolute Gasteiger partial charge is 0.450 e. The summed E-state index contributed by atoms with van der Waals surface area (Å²) in [4.78, 5) is 47.6. The minimum Gasteiger partial charge on any atom is -0.450 e. The third-order valence-electron chi connectivity index (χ3n) is 3.58. The number of hydrogen-bond donors (Lipinski definition) is 2.